The van der Waals surface area contributed by atoms with E-state index in [1.165, 1.54) is 31.3 Å². The molecular weight excluding hydrogens is 753 g/mol. The van der Waals surface area contributed by atoms with Crippen LogP contribution in [0.4, 0.5) is 11.4 Å². The number of halogens is 3. The molecule has 2 saturated heterocycles. The molecule has 1 saturated carbocycles. The number of carbonyl (C=O) groups is 4. The predicted molar refractivity (Wildman–Crippen MR) is 204 cm³/mol. The van der Waals surface area contributed by atoms with Gasteiger partial charge in [0.2, 0.25) is 11.8 Å². The molecule has 4 aromatic carbocycles. The number of benzene rings is 4. The van der Waals surface area contributed by atoms with E-state index in [-0.39, 0.29) is 35.2 Å². The van der Waals surface area contributed by atoms with Crippen LogP contribution in [-0.4, -0.2) is 48.0 Å². The topological polar surface area (TPSA) is 125 Å². The molecule has 6 atom stereocenters. The summed E-state index contributed by atoms with van der Waals surface area (Å²) in [5, 5.41) is 13.7. The van der Waals surface area contributed by atoms with E-state index in [2.05, 4.69) is 5.43 Å². The number of aromatic hydroxyl groups is 1. The van der Waals surface area contributed by atoms with Crippen molar-refractivity contribution in [1.82, 2.24) is 5.01 Å². The predicted octanol–water partition coefficient (Wildman–Crippen LogP) is 7.87. The number of ether oxygens (including phenoxy) is 2. The van der Waals surface area contributed by atoms with Crippen LogP contribution in [0.2, 0.25) is 15.1 Å². The van der Waals surface area contributed by atoms with E-state index >= 15 is 4.79 Å². The number of nitrogens with zero attached hydrogens (tertiary/aromatic N) is 2. The lowest BCUT2D eigenvalue weighted by Crippen LogP contribution is -2.53. The Morgan fingerprint density at radius 3 is 2.19 bits per heavy atom. The number of phenolic OH excluding ortho intramolecular Hbond substituents is 1. The minimum absolute atomic E-state index is 0.0606. The lowest BCUT2D eigenvalue weighted by molar-refractivity contribution is -0.138. The van der Waals surface area contributed by atoms with Crippen LogP contribution in [0.3, 0.4) is 0 Å². The largest absolute Gasteiger partial charge is 0.508 e. The summed E-state index contributed by atoms with van der Waals surface area (Å²) in [5.74, 6) is -5.36. The molecule has 0 aromatic heterocycles. The quantitative estimate of drug-likeness (QED) is 0.143. The Morgan fingerprint density at radius 2 is 1.52 bits per heavy atom. The van der Waals surface area contributed by atoms with Crippen LogP contribution in [0.5, 0.6) is 17.2 Å². The highest BCUT2D eigenvalue weighted by Gasteiger charge is 2.70. The van der Waals surface area contributed by atoms with E-state index in [0.717, 1.165) is 10.6 Å². The van der Waals surface area contributed by atoms with Crippen LogP contribution in [0.15, 0.2) is 90.5 Å². The molecular formula is C41H34Cl3N3O7. The van der Waals surface area contributed by atoms with Crippen molar-refractivity contribution in [3.8, 4) is 17.2 Å². The normalized spacial score (nSPS) is 26.0. The summed E-state index contributed by atoms with van der Waals surface area (Å²) in [6.07, 6.45) is 2.19. The molecule has 276 valence electrons. The van der Waals surface area contributed by atoms with Gasteiger partial charge in [-0.3, -0.25) is 24.6 Å². The molecule has 13 heteroatoms. The Morgan fingerprint density at radius 1 is 0.796 bits per heavy atom. The minimum atomic E-state index is -1.63. The Labute approximate surface area is 326 Å². The third kappa shape index (κ3) is 5.29. The lowest BCUT2D eigenvalue weighted by atomic mass is 9.49. The van der Waals surface area contributed by atoms with Gasteiger partial charge in [0.25, 0.3) is 11.8 Å². The van der Waals surface area contributed by atoms with Crippen LogP contribution < -0.4 is 19.8 Å². The van der Waals surface area contributed by atoms with Gasteiger partial charge < -0.3 is 14.6 Å². The van der Waals surface area contributed by atoms with Gasteiger partial charge in [-0.25, -0.2) is 4.90 Å². The number of rotatable bonds is 7. The molecule has 4 aromatic rings. The summed E-state index contributed by atoms with van der Waals surface area (Å²) < 4.78 is 10.9. The molecule has 2 heterocycles. The zero-order valence-corrected chi connectivity index (χ0v) is 31.6. The Bertz CT molecular complexity index is 2300. The zero-order chi connectivity index (χ0) is 38.2. The van der Waals surface area contributed by atoms with Crippen molar-refractivity contribution < 1.29 is 33.8 Å². The summed E-state index contributed by atoms with van der Waals surface area (Å²) in [5.41, 5.74) is 4.32. The number of methoxy groups -OCH3 is 2. The average molecular weight is 787 g/mol. The summed E-state index contributed by atoms with van der Waals surface area (Å²) in [6, 6.07) is 21.5. The summed E-state index contributed by atoms with van der Waals surface area (Å²) >= 11 is 19.2. The molecule has 0 radical (unpaired) electrons. The molecule has 2 aliphatic carbocycles. The van der Waals surface area contributed by atoms with Gasteiger partial charge in [0.1, 0.15) is 17.2 Å². The SMILES string of the molecule is COc1ccc(C23C(=O)N(Nc4ccc(Cl)cc4Cl)C(=O)C2CC2C(=CCC4C(=O)N(c5ccc(C)c(Cl)c5)C(=O)C42)C3c2ccc(OC)cc2O)cc1. The Kier molecular flexibility index (Phi) is 8.91. The molecule has 10 nitrogen and oxygen atoms in total. The molecule has 2 N–H and O–H groups in total. The molecule has 4 aliphatic rings. The van der Waals surface area contributed by atoms with E-state index in [4.69, 9.17) is 44.3 Å². The number of carbonyl (C=O) groups excluding carboxylic acids is 4. The second-order valence-electron chi connectivity index (χ2n) is 14.1. The molecule has 6 unspecified atom stereocenters. The van der Waals surface area contributed by atoms with E-state index in [9.17, 15) is 19.5 Å². The molecule has 0 spiro atoms. The van der Waals surface area contributed by atoms with E-state index in [1.54, 1.807) is 66.7 Å². The van der Waals surface area contributed by atoms with Crippen LogP contribution in [0, 0.1) is 30.6 Å². The van der Waals surface area contributed by atoms with E-state index < -0.39 is 52.7 Å². The number of hydrogen-bond donors (Lipinski definition) is 2. The van der Waals surface area contributed by atoms with Gasteiger partial charge in [-0.05, 0) is 85.3 Å². The fourth-order valence-corrected chi connectivity index (χ4v) is 9.68. The summed E-state index contributed by atoms with van der Waals surface area (Å²) in [4.78, 5) is 60.2. The number of fused-ring (bicyclic) bond motifs is 4. The van der Waals surface area contributed by atoms with E-state index in [0.29, 0.717) is 43.9 Å². The van der Waals surface area contributed by atoms with Crippen molar-refractivity contribution in [2.24, 2.45) is 23.7 Å². The van der Waals surface area contributed by atoms with Crippen LogP contribution >= 0.6 is 34.8 Å². The van der Waals surface area contributed by atoms with Crippen LogP contribution in [0.1, 0.15) is 35.4 Å². The molecule has 54 heavy (non-hydrogen) atoms. The fraction of sp³-hybridized carbons (Fsp3) is 0.268. The molecule has 4 amide bonds. The van der Waals surface area contributed by atoms with Crippen molar-refractivity contribution in [2.45, 2.75) is 31.1 Å². The van der Waals surface area contributed by atoms with Crippen LogP contribution in [0.25, 0.3) is 0 Å². The number of hydrogen-bond acceptors (Lipinski definition) is 8. The highest BCUT2D eigenvalue weighted by molar-refractivity contribution is 6.36. The third-order valence-corrected chi connectivity index (χ3v) is 12.5. The number of nitrogens with one attached hydrogen (secondary N) is 1. The Balaban J connectivity index is 1.34. The first kappa shape index (κ1) is 36.0. The van der Waals surface area contributed by atoms with Crippen molar-refractivity contribution >= 4 is 69.8 Å². The number of anilines is 2. The number of aryl methyl sites for hydroxylation is 1. The molecule has 2 aliphatic heterocycles. The van der Waals surface area contributed by atoms with Crippen molar-refractivity contribution in [3.63, 3.8) is 0 Å². The number of amides is 4. The summed E-state index contributed by atoms with van der Waals surface area (Å²) in [6.45, 7) is 1.83. The zero-order valence-electron chi connectivity index (χ0n) is 29.3. The number of phenols is 1. The maximum atomic E-state index is 15.4. The smallest absolute Gasteiger partial charge is 0.260 e. The lowest BCUT2D eigenvalue weighted by Gasteiger charge is -2.50. The van der Waals surface area contributed by atoms with Gasteiger partial charge in [0, 0.05) is 27.6 Å². The van der Waals surface area contributed by atoms with Gasteiger partial charge in [-0.1, -0.05) is 70.7 Å². The van der Waals surface area contributed by atoms with Crippen LogP contribution in [-0.2, 0) is 24.6 Å². The summed E-state index contributed by atoms with van der Waals surface area (Å²) in [7, 11) is 3.01. The highest BCUT2D eigenvalue weighted by atomic mass is 35.5. The highest BCUT2D eigenvalue weighted by Crippen LogP contribution is 2.65. The standard InChI is InChI=1S/C41H34Cl3N3O7/c1-20-4-8-23(17-31(20)43)46-37(49)28-14-13-26-29(35(28)39(46)51)19-30-38(50)47(45-33-15-7-22(42)16-32(33)44)40(52)41(30,21-5-9-24(53-2)10-6-21)36(26)27-12-11-25(54-3)18-34(27)48/h4-13,15-18,28-30,35-36,45,48H,14,19H2,1-3H3. The van der Waals surface area contributed by atoms with Gasteiger partial charge in [-0.15, -0.1) is 0 Å². The fourth-order valence-electron chi connectivity index (χ4n) is 9.06. The van der Waals surface area contributed by atoms with Gasteiger partial charge in [-0.2, -0.15) is 5.01 Å². The maximum Gasteiger partial charge on any atom is 0.260 e. The first-order valence-electron chi connectivity index (χ1n) is 17.4. The number of allylic oxidation sites excluding steroid dienone is 2. The van der Waals surface area contributed by atoms with Gasteiger partial charge in [0.05, 0.1) is 53.8 Å². The third-order valence-electron chi connectivity index (χ3n) is 11.5. The maximum absolute atomic E-state index is 15.4. The number of hydrazine groups is 1. The van der Waals surface area contributed by atoms with Gasteiger partial charge in [0.15, 0.2) is 0 Å². The first-order valence-corrected chi connectivity index (χ1v) is 18.5. The van der Waals surface area contributed by atoms with E-state index in [1.807, 2.05) is 13.0 Å². The second kappa shape index (κ2) is 13.4. The van der Waals surface area contributed by atoms with Gasteiger partial charge >= 0.3 is 0 Å². The average Bonchev–Trinajstić information content (AvgIpc) is 3.54. The monoisotopic (exact) mass is 785 g/mol. The van der Waals surface area contributed by atoms with Crippen molar-refractivity contribution in [2.75, 3.05) is 24.5 Å². The first-order chi connectivity index (χ1) is 25.9. The molecule has 0 bridgehead atoms. The Hall–Kier alpha value is -5.03. The minimum Gasteiger partial charge on any atom is -0.508 e. The molecule has 3 fully saturated rings. The van der Waals surface area contributed by atoms with Crippen molar-refractivity contribution in [1.29, 1.82) is 0 Å². The molecule has 8 rings (SSSR count). The second-order valence-corrected chi connectivity index (χ2v) is 15.3. The number of imide groups is 2. The van der Waals surface area contributed by atoms with Crippen molar-refractivity contribution in [3.05, 3.63) is 122 Å².